The van der Waals surface area contributed by atoms with Crippen molar-refractivity contribution >= 4 is 10.0 Å². The fourth-order valence-corrected chi connectivity index (χ4v) is 4.20. The first-order chi connectivity index (χ1) is 9.05. The monoisotopic (exact) mass is 286 g/mol. The molecule has 1 aromatic heterocycles. The number of nitrogens with one attached hydrogen (secondary N) is 2. The summed E-state index contributed by atoms with van der Waals surface area (Å²) in [5, 5.41) is 3.24. The van der Waals surface area contributed by atoms with Crippen molar-refractivity contribution in [3.8, 4) is 0 Å². The Bertz CT molecular complexity index is 464. The standard InChI is InChI=1S/C13H22N2O3S/c1-11(8-13-5-3-7-18-13)15-19(16,17)10-12-4-2-6-14-9-12/h3,5,7,11-12,14-15H,2,4,6,8-10H2,1H3. The van der Waals surface area contributed by atoms with Gasteiger partial charge in [0, 0.05) is 12.5 Å². The Labute approximate surface area is 114 Å². The van der Waals surface area contributed by atoms with Crippen LogP contribution in [0.3, 0.4) is 0 Å². The van der Waals surface area contributed by atoms with E-state index in [-0.39, 0.29) is 17.7 Å². The summed E-state index contributed by atoms with van der Waals surface area (Å²) >= 11 is 0. The summed E-state index contributed by atoms with van der Waals surface area (Å²) in [6, 6.07) is 3.52. The first-order valence-electron chi connectivity index (χ1n) is 6.78. The molecule has 0 aromatic carbocycles. The molecule has 0 amide bonds. The molecule has 1 aliphatic heterocycles. The summed E-state index contributed by atoms with van der Waals surface area (Å²) in [5.41, 5.74) is 0. The van der Waals surface area contributed by atoms with Crippen molar-refractivity contribution in [2.45, 2.75) is 32.2 Å². The molecule has 0 spiro atoms. The van der Waals surface area contributed by atoms with Crippen LogP contribution in [0.15, 0.2) is 22.8 Å². The predicted molar refractivity (Wildman–Crippen MR) is 74.4 cm³/mol. The van der Waals surface area contributed by atoms with E-state index in [1.165, 1.54) is 0 Å². The molecule has 1 saturated heterocycles. The summed E-state index contributed by atoms with van der Waals surface area (Å²) in [4.78, 5) is 0. The van der Waals surface area contributed by atoms with E-state index >= 15 is 0 Å². The molecule has 2 N–H and O–H groups in total. The molecule has 0 bridgehead atoms. The maximum absolute atomic E-state index is 12.1. The molecular weight excluding hydrogens is 264 g/mol. The molecule has 0 saturated carbocycles. The van der Waals surface area contributed by atoms with Crippen LogP contribution in [0.2, 0.25) is 0 Å². The van der Waals surface area contributed by atoms with Crippen LogP contribution in [0.5, 0.6) is 0 Å². The lowest BCUT2D eigenvalue weighted by Crippen LogP contribution is -2.41. The second-order valence-corrected chi connectivity index (χ2v) is 7.09. The summed E-state index contributed by atoms with van der Waals surface area (Å²) < 4.78 is 32.1. The van der Waals surface area contributed by atoms with Gasteiger partial charge < -0.3 is 9.73 Å². The Hall–Kier alpha value is -0.850. The van der Waals surface area contributed by atoms with E-state index in [0.717, 1.165) is 31.7 Å². The predicted octanol–water partition coefficient (Wildman–Crippen LogP) is 1.13. The average molecular weight is 286 g/mol. The van der Waals surface area contributed by atoms with Crippen LogP contribution < -0.4 is 10.0 Å². The van der Waals surface area contributed by atoms with Crippen LogP contribution >= 0.6 is 0 Å². The zero-order valence-electron chi connectivity index (χ0n) is 11.3. The average Bonchev–Trinajstić information content (AvgIpc) is 2.81. The number of furan rings is 1. The number of sulfonamides is 1. The van der Waals surface area contributed by atoms with Crippen LogP contribution in [0.4, 0.5) is 0 Å². The molecule has 2 atom stereocenters. The van der Waals surface area contributed by atoms with Crippen molar-refractivity contribution in [1.29, 1.82) is 0 Å². The summed E-state index contributed by atoms with van der Waals surface area (Å²) in [6.45, 7) is 3.66. The van der Waals surface area contributed by atoms with Crippen molar-refractivity contribution in [1.82, 2.24) is 10.0 Å². The number of rotatable bonds is 6. The molecule has 2 heterocycles. The molecule has 6 heteroatoms. The lowest BCUT2D eigenvalue weighted by molar-refractivity contribution is 0.401. The van der Waals surface area contributed by atoms with Crippen molar-refractivity contribution in [2.24, 2.45) is 5.92 Å². The smallest absolute Gasteiger partial charge is 0.212 e. The minimum absolute atomic E-state index is 0.146. The fourth-order valence-electron chi connectivity index (χ4n) is 2.50. The van der Waals surface area contributed by atoms with E-state index in [4.69, 9.17) is 4.42 Å². The SMILES string of the molecule is CC(Cc1ccco1)NS(=O)(=O)CC1CCCNC1. The minimum Gasteiger partial charge on any atom is -0.469 e. The van der Waals surface area contributed by atoms with E-state index in [9.17, 15) is 8.42 Å². The number of hydrogen-bond donors (Lipinski definition) is 2. The lowest BCUT2D eigenvalue weighted by atomic mass is 10.0. The van der Waals surface area contributed by atoms with E-state index in [2.05, 4.69) is 10.0 Å². The van der Waals surface area contributed by atoms with Crippen molar-refractivity contribution < 1.29 is 12.8 Å². The van der Waals surface area contributed by atoms with Crippen LogP contribution in [0.1, 0.15) is 25.5 Å². The van der Waals surface area contributed by atoms with E-state index in [1.54, 1.807) is 6.26 Å². The fraction of sp³-hybridized carbons (Fsp3) is 0.692. The van der Waals surface area contributed by atoms with E-state index in [0.29, 0.717) is 6.42 Å². The minimum atomic E-state index is -3.22. The molecule has 0 radical (unpaired) electrons. The van der Waals surface area contributed by atoms with Gasteiger partial charge in [0.1, 0.15) is 5.76 Å². The van der Waals surface area contributed by atoms with Gasteiger partial charge >= 0.3 is 0 Å². The highest BCUT2D eigenvalue weighted by atomic mass is 32.2. The first-order valence-corrected chi connectivity index (χ1v) is 8.43. The largest absolute Gasteiger partial charge is 0.469 e. The normalized spacial score (nSPS) is 22.3. The number of hydrogen-bond acceptors (Lipinski definition) is 4. The van der Waals surface area contributed by atoms with Gasteiger partial charge in [-0.1, -0.05) is 0 Å². The molecular formula is C13H22N2O3S. The van der Waals surface area contributed by atoms with Gasteiger partial charge in [0.15, 0.2) is 0 Å². The highest BCUT2D eigenvalue weighted by Gasteiger charge is 2.22. The molecule has 108 valence electrons. The first kappa shape index (κ1) is 14.6. The quantitative estimate of drug-likeness (QED) is 0.822. The maximum atomic E-state index is 12.1. The Morgan fingerprint density at radius 1 is 1.58 bits per heavy atom. The molecule has 19 heavy (non-hydrogen) atoms. The Morgan fingerprint density at radius 2 is 2.42 bits per heavy atom. The van der Waals surface area contributed by atoms with Gasteiger partial charge in [0.2, 0.25) is 10.0 Å². The van der Waals surface area contributed by atoms with Crippen LogP contribution in [0.25, 0.3) is 0 Å². The van der Waals surface area contributed by atoms with E-state index < -0.39 is 10.0 Å². The lowest BCUT2D eigenvalue weighted by Gasteiger charge is -2.23. The molecule has 2 rings (SSSR count). The van der Waals surface area contributed by atoms with Gasteiger partial charge in [-0.15, -0.1) is 0 Å². The molecule has 1 aliphatic rings. The van der Waals surface area contributed by atoms with Crippen molar-refractivity contribution in [3.63, 3.8) is 0 Å². The van der Waals surface area contributed by atoms with Crippen molar-refractivity contribution in [2.75, 3.05) is 18.8 Å². The third-order valence-electron chi connectivity index (χ3n) is 3.32. The van der Waals surface area contributed by atoms with Crippen LogP contribution in [-0.4, -0.2) is 33.3 Å². The van der Waals surface area contributed by atoms with Gasteiger partial charge in [-0.05, 0) is 50.9 Å². The van der Waals surface area contributed by atoms with Crippen LogP contribution in [0, 0.1) is 5.92 Å². The number of piperidine rings is 1. The van der Waals surface area contributed by atoms with Gasteiger partial charge in [0.05, 0.1) is 12.0 Å². The third kappa shape index (κ3) is 4.97. The summed E-state index contributed by atoms with van der Waals surface area (Å²) in [6.07, 6.45) is 4.22. The Morgan fingerprint density at radius 3 is 3.05 bits per heavy atom. The molecule has 5 nitrogen and oxygen atoms in total. The van der Waals surface area contributed by atoms with Gasteiger partial charge in [-0.2, -0.15) is 0 Å². The Kier molecular flexibility index (Phi) is 5.01. The third-order valence-corrected chi connectivity index (χ3v) is 4.99. The molecule has 1 fully saturated rings. The summed E-state index contributed by atoms with van der Waals surface area (Å²) in [7, 11) is -3.22. The van der Waals surface area contributed by atoms with E-state index in [1.807, 2.05) is 19.1 Å². The van der Waals surface area contributed by atoms with Crippen LogP contribution in [-0.2, 0) is 16.4 Å². The van der Waals surface area contributed by atoms with Gasteiger partial charge in [0.25, 0.3) is 0 Å². The highest BCUT2D eigenvalue weighted by molar-refractivity contribution is 7.89. The van der Waals surface area contributed by atoms with Gasteiger partial charge in [-0.25, -0.2) is 13.1 Å². The second-order valence-electron chi connectivity index (χ2n) is 5.30. The molecule has 0 aliphatic carbocycles. The zero-order valence-corrected chi connectivity index (χ0v) is 12.1. The molecule has 2 unspecified atom stereocenters. The second kappa shape index (κ2) is 6.54. The Balaban J connectivity index is 1.82. The zero-order chi connectivity index (χ0) is 13.7. The molecule has 1 aromatic rings. The topological polar surface area (TPSA) is 71.3 Å². The summed E-state index contributed by atoms with van der Waals surface area (Å²) in [5.74, 6) is 1.24. The van der Waals surface area contributed by atoms with Crippen molar-refractivity contribution in [3.05, 3.63) is 24.2 Å². The maximum Gasteiger partial charge on any atom is 0.212 e. The highest BCUT2D eigenvalue weighted by Crippen LogP contribution is 2.12. The van der Waals surface area contributed by atoms with Gasteiger partial charge in [-0.3, -0.25) is 0 Å².